The van der Waals surface area contributed by atoms with Crippen molar-refractivity contribution in [3.05, 3.63) is 192 Å². The van der Waals surface area contributed by atoms with E-state index in [1.54, 1.807) is 24.8 Å². The molecule has 2 fully saturated rings. The summed E-state index contributed by atoms with van der Waals surface area (Å²) in [4.78, 5) is 39.1. The number of aromatic nitrogens is 2. The molecule has 2 aliphatic heterocycles. The maximum absolute atomic E-state index is 13.7. The maximum atomic E-state index is 13.7. The first kappa shape index (κ1) is 34.9. The number of β-lactam (4-membered cyclic amide) rings is 2. The van der Waals surface area contributed by atoms with Crippen LogP contribution in [0, 0.1) is 23.7 Å². The SMILES string of the molecule is O=C1[C@@H](Oc2ccccc2)[C@@H](c2ccc(C#Cc3ccncc3)cc2)N1CCCN1C(=O)[C@@H](Oc2ccccc2)[C@H]1c1ccc(C#Cc2ccncc2)cc1. The van der Waals surface area contributed by atoms with Crippen LogP contribution >= 0.6 is 0 Å². The van der Waals surface area contributed by atoms with E-state index in [4.69, 9.17) is 9.47 Å². The van der Waals surface area contributed by atoms with Crippen LogP contribution in [0.15, 0.2) is 158 Å². The number of hydrogen-bond acceptors (Lipinski definition) is 6. The lowest BCUT2D eigenvalue weighted by molar-refractivity contribution is -0.167. The zero-order chi connectivity index (χ0) is 37.4. The lowest BCUT2D eigenvalue weighted by Crippen LogP contribution is -2.63. The Labute approximate surface area is 320 Å². The van der Waals surface area contributed by atoms with Crippen LogP contribution in [0.1, 0.15) is 51.9 Å². The van der Waals surface area contributed by atoms with Crippen molar-refractivity contribution in [2.24, 2.45) is 0 Å². The summed E-state index contributed by atoms with van der Waals surface area (Å²) in [6.45, 7) is 0.901. The molecule has 0 saturated carbocycles. The molecule has 0 aliphatic carbocycles. The van der Waals surface area contributed by atoms with Crippen molar-refractivity contribution >= 4 is 11.8 Å². The van der Waals surface area contributed by atoms with Crippen LogP contribution in [0.2, 0.25) is 0 Å². The van der Waals surface area contributed by atoms with Gasteiger partial charge in [0.15, 0.2) is 0 Å². The van der Waals surface area contributed by atoms with Crippen molar-refractivity contribution in [2.45, 2.75) is 30.7 Å². The van der Waals surface area contributed by atoms with Crippen molar-refractivity contribution in [1.29, 1.82) is 0 Å². The largest absolute Gasteiger partial charge is 0.478 e. The van der Waals surface area contributed by atoms with Gasteiger partial charge >= 0.3 is 0 Å². The number of ether oxygens (including phenoxy) is 2. The van der Waals surface area contributed by atoms with Gasteiger partial charge in [0.1, 0.15) is 23.6 Å². The Bertz CT molecular complexity index is 2200. The first-order chi connectivity index (χ1) is 27.1. The monoisotopic (exact) mass is 720 g/mol. The average Bonchev–Trinajstić information content (AvgIpc) is 3.25. The molecule has 4 aromatic carbocycles. The van der Waals surface area contributed by atoms with Gasteiger partial charge in [0, 0.05) is 60.1 Å². The van der Waals surface area contributed by atoms with Gasteiger partial charge in [-0.2, -0.15) is 0 Å². The Morgan fingerprint density at radius 2 is 0.800 bits per heavy atom. The van der Waals surface area contributed by atoms with E-state index in [0.29, 0.717) is 31.0 Å². The number of amides is 2. The van der Waals surface area contributed by atoms with Gasteiger partial charge in [-0.3, -0.25) is 19.6 Å². The van der Waals surface area contributed by atoms with Crippen LogP contribution in [0.5, 0.6) is 11.5 Å². The number of likely N-dealkylation sites (tertiary alicyclic amines) is 2. The van der Waals surface area contributed by atoms with Gasteiger partial charge in [0.2, 0.25) is 12.2 Å². The van der Waals surface area contributed by atoms with E-state index < -0.39 is 12.2 Å². The number of carbonyl (C=O) groups is 2. The zero-order valence-corrected chi connectivity index (χ0v) is 29.9. The van der Waals surface area contributed by atoms with Crippen molar-refractivity contribution in [3.63, 3.8) is 0 Å². The number of nitrogens with zero attached hydrogens (tertiary/aromatic N) is 4. The van der Waals surface area contributed by atoms with Gasteiger partial charge in [-0.25, -0.2) is 0 Å². The van der Waals surface area contributed by atoms with E-state index in [1.165, 1.54) is 0 Å². The predicted molar refractivity (Wildman–Crippen MR) is 209 cm³/mol. The number of rotatable bonds is 10. The highest BCUT2D eigenvalue weighted by atomic mass is 16.5. The molecule has 0 bridgehead atoms. The third kappa shape index (κ3) is 7.95. The summed E-state index contributed by atoms with van der Waals surface area (Å²) < 4.78 is 12.5. The Morgan fingerprint density at radius 1 is 0.455 bits per heavy atom. The third-order valence-electron chi connectivity index (χ3n) is 9.68. The molecule has 4 atom stereocenters. The fourth-order valence-electron chi connectivity index (χ4n) is 6.86. The average molecular weight is 721 g/mol. The molecule has 4 heterocycles. The van der Waals surface area contributed by atoms with Gasteiger partial charge in [0.25, 0.3) is 11.8 Å². The van der Waals surface area contributed by atoms with Gasteiger partial charge in [-0.1, -0.05) is 84.3 Å². The molecular formula is C47H36N4O4. The van der Waals surface area contributed by atoms with Crippen molar-refractivity contribution in [2.75, 3.05) is 13.1 Å². The minimum absolute atomic E-state index is 0.0874. The van der Waals surface area contributed by atoms with E-state index in [1.807, 2.05) is 143 Å². The van der Waals surface area contributed by atoms with E-state index in [2.05, 4.69) is 33.6 Å². The van der Waals surface area contributed by atoms with Gasteiger partial charge < -0.3 is 19.3 Å². The molecule has 8 nitrogen and oxygen atoms in total. The number of benzene rings is 4. The number of para-hydroxylation sites is 2. The topological polar surface area (TPSA) is 84.9 Å². The number of hydrogen-bond donors (Lipinski definition) is 0. The standard InChI is InChI=1S/C47H36N4O4/c52-46-44(54-40-8-3-1-4-9-40)42(38-20-16-34(17-21-38)12-14-36-24-28-48-29-25-36)50(46)32-7-33-51-43(45(47(51)53)55-41-10-5-2-6-11-41)39-22-18-35(19-23-39)13-15-37-26-30-49-31-27-37/h1-6,8-11,16-31,42-45H,7,32-33H2/t42-,43-,44+,45+/m1/s1. The molecule has 0 radical (unpaired) electrons. The van der Waals surface area contributed by atoms with Crippen molar-refractivity contribution in [3.8, 4) is 35.2 Å². The summed E-state index contributed by atoms with van der Waals surface area (Å²) >= 11 is 0. The molecule has 6 aromatic rings. The summed E-state index contributed by atoms with van der Waals surface area (Å²) in [6.07, 6.45) is 6.11. The van der Waals surface area contributed by atoms with E-state index in [-0.39, 0.29) is 23.9 Å². The van der Waals surface area contributed by atoms with Crippen LogP contribution in [-0.4, -0.2) is 56.9 Å². The van der Waals surface area contributed by atoms with Gasteiger partial charge in [-0.15, -0.1) is 0 Å². The molecule has 268 valence electrons. The summed E-state index contributed by atoms with van der Waals surface area (Å²) in [5, 5.41) is 0. The lowest BCUT2D eigenvalue weighted by Gasteiger charge is -2.49. The van der Waals surface area contributed by atoms with Crippen LogP contribution in [0.3, 0.4) is 0 Å². The van der Waals surface area contributed by atoms with Crippen molar-refractivity contribution < 1.29 is 19.1 Å². The normalized spacial score (nSPS) is 18.5. The quantitative estimate of drug-likeness (QED) is 0.112. The summed E-state index contributed by atoms with van der Waals surface area (Å²) in [5.74, 6) is 13.8. The summed E-state index contributed by atoms with van der Waals surface area (Å²) in [7, 11) is 0. The summed E-state index contributed by atoms with van der Waals surface area (Å²) in [5.41, 5.74) is 5.40. The summed E-state index contributed by atoms with van der Waals surface area (Å²) in [6, 6.07) is 41.6. The molecule has 0 unspecified atom stereocenters. The molecule has 0 spiro atoms. The molecule has 2 aliphatic rings. The molecule has 2 amide bonds. The van der Waals surface area contributed by atoms with Gasteiger partial charge in [-0.05, 0) is 90.3 Å². The zero-order valence-electron chi connectivity index (χ0n) is 29.9. The Morgan fingerprint density at radius 3 is 1.16 bits per heavy atom. The van der Waals surface area contributed by atoms with Crippen molar-refractivity contribution in [1.82, 2.24) is 19.8 Å². The van der Waals surface area contributed by atoms with E-state index >= 15 is 0 Å². The Kier molecular flexibility index (Phi) is 10.3. The number of pyridine rings is 2. The third-order valence-corrected chi connectivity index (χ3v) is 9.68. The lowest BCUT2D eigenvalue weighted by atomic mass is 9.88. The Hall–Kier alpha value is -7.16. The van der Waals surface area contributed by atoms with E-state index in [0.717, 1.165) is 33.4 Å². The van der Waals surface area contributed by atoms with E-state index in [9.17, 15) is 9.59 Å². The number of carbonyl (C=O) groups excluding carboxylic acids is 2. The van der Waals surface area contributed by atoms with Gasteiger partial charge in [0.05, 0.1) is 0 Å². The first-order valence-electron chi connectivity index (χ1n) is 18.2. The minimum Gasteiger partial charge on any atom is -0.478 e. The first-order valence-corrected chi connectivity index (χ1v) is 18.2. The molecule has 8 rings (SSSR count). The second kappa shape index (κ2) is 16.2. The predicted octanol–water partition coefficient (Wildman–Crippen LogP) is 7.03. The maximum Gasteiger partial charge on any atom is 0.266 e. The minimum atomic E-state index is -0.668. The molecule has 2 saturated heterocycles. The molecule has 0 N–H and O–H groups in total. The van der Waals surface area contributed by atoms with Crippen LogP contribution in [0.4, 0.5) is 0 Å². The molecule has 2 aromatic heterocycles. The smallest absolute Gasteiger partial charge is 0.266 e. The highest BCUT2D eigenvalue weighted by Gasteiger charge is 2.52. The van der Waals surface area contributed by atoms with Crippen LogP contribution < -0.4 is 9.47 Å². The van der Waals surface area contributed by atoms with Crippen LogP contribution in [-0.2, 0) is 9.59 Å². The van der Waals surface area contributed by atoms with Crippen LogP contribution in [0.25, 0.3) is 0 Å². The second-order valence-electron chi connectivity index (χ2n) is 13.2. The fraction of sp³-hybridized carbons (Fsp3) is 0.149. The molecular weight excluding hydrogens is 685 g/mol. The fourth-order valence-corrected chi connectivity index (χ4v) is 6.86. The highest BCUT2D eigenvalue weighted by Crippen LogP contribution is 2.40. The molecule has 8 heteroatoms. The molecule has 55 heavy (non-hydrogen) atoms. The second-order valence-corrected chi connectivity index (χ2v) is 13.2. The Balaban J connectivity index is 0.981. The highest BCUT2D eigenvalue weighted by molar-refractivity contribution is 5.90.